The van der Waals surface area contributed by atoms with Gasteiger partial charge in [-0.15, -0.1) is 11.3 Å². The molecule has 142 valence electrons. The second kappa shape index (κ2) is 7.34. The van der Waals surface area contributed by atoms with Crippen molar-refractivity contribution in [3.8, 4) is 0 Å². The Morgan fingerprint density at radius 1 is 1.19 bits per heavy atom. The van der Waals surface area contributed by atoms with E-state index < -0.39 is 0 Å². The van der Waals surface area contributed by atoms with Crippen LogP contribution in [0.3, 0.4) is 0 Å². The van der Waals surface area contributed by atoms with Crippen LogP contribution in [-0.4, -0.2) is 18.5 Å². The Morgan fingerprint density at radius 2 is 2.04 bits per heavy atom. The highest BCUT2D eigenvalue weighted by atomic mass is 32.1. The molecule has 1 aromatic rings. The average molecular weight is 376 g/mol. The van der Waals surface area contributed by atoms with Crippen molar-refractivity contribution < 1.29 is 14.3 Å². The monoisotopic (exact) mass is 375 g/mol. The predicted molar refractivity (Wildman–Crippen MR) is 104 cm³/mol. The van der Waals surface area contributed by atoms with Gasteiger partial charge in [0.1, 0.15) is 5.00 Å². The van der Waals surface area contributed by atoms with Gasteiger partial charge >= 0.3 is 5.97 Å². The van der Waals surface area contributed by atoms with Gasteiger partial charge < -0.3 is 10.1 Å². The normalized spacial score (nSPS) is 29.5. The first-order chi connectivity index (χ1) is 12.6. The summed E-state index contributed by atoms with van der Waals surface area (Å²) in [7, 11) is 0. The van der Waals surface area contributed by atoms with E-state index in [0.29, 0.717) is 24.0 Å². The molecule has 0 aliphatic heterocycles. The number of nitrogens with one attached hydrogen (secondary N) is 1. The third kappa shape index (κ3) is 3.19. The van der Waals surface area contributed by atoms with Crippen LogP contribution >= 0.6 is 11.3 Å². The Bertz CT molecular complexity index is 710. The zero-order valence-corrected chi connectivity index (χ0v) is 16.6. The summed E-state index contributed by atoms with van der Waals surface area (Å²) in [6, 6.07) is 0. The number of carbonyl (C=O) groups excluding carboxylic acids is 2. The van der Waals surface area contributed by atoms with Crippen LogP contribution in [0.5, 0.6) is 0 Å². The van der Waals surface area contributed by atoms with Crippen molar-refractivity contribution in [2.75, 3.05) is 11.9 Å². The molecule has 1 aromatic heterocycles. The lowest BCUT2D eigenvalue weighted by molar-refractivity contribution is -0.121. The highest BCUT2D eigenvalue weighted by Crippen LogP contribution is 2.49. The first-order valence-electron chi connectivity index (χ1n) is 10.2. The van der Waals surface area contributed by atoms with Crippen molar-refractivity contribution in [2.24, 2.45) is 23.7 Å². The number of fused-ring (bicyclic) bond motifs is 3. The molecule has 3 aliphatic rings. The number of anilines is 1. The van der Waals surface area contributed by atoms with Crippen LogP contribution in [0.15, 0.2) is 0 Å². The standard InChI is InChI=1S/C21H29NO3S/c1-3-12-6-8-15-17(11-12)26-20(18(15)21(24)25-4-2)22-19(23)16-10-13-5-7-14(16)9-13/h12-14,16H,3-11H2,1-2H3,(H,22,23)/t12-,13+,14+,16-/m0/s1. The maximum absolute atomic E-state index is 12.9. The SMILES string of the molecule is CCOC(=O)c1c(NC(=O)[C@H]2C[C@@H]3CC[C@@H]2C3)sc2c1CC[C@H](CC)C2. The fourth-order valence-electron chi connectivity index (χ4n) is 5.28. The number of hydrogen-bond donors (Lipinski definition) is 1. The predicted octanol–water partition coefficient (Wildman–Crippen LogP) is 4.81. The minimum absolute atomic E-state index is 0.119. The highest BCUT2D eigenvalue weighted by molar-refractivity contribution is 7.17. The number of amides is 1. The molecule has 0 saturated heterocycles. The van der Waals surface area contributed by atoms with Gasteiger partial charge in [-0.2, -0.15) is 0 Å². The molecule has 0 spiro atoms. The highest BCUT2D eigenvalue weighted by Gasteiger charge is 2.43. The van der Waals surface area contributed by atoms with Crippen LogP contribution < -0.4 is 5.32 Å². The van der Waals surface area contributed by atoms with E-state index in [9.17, 15) is 9.59 Å². The van der Waals surface area contributed by atoms with E-state index in [2.05, 4.69) is 12.2 Å². The maximum atomic E-state index is 12.9. The number of thiophene rings is 1. The Kier molecular flexibility index (Phi) is 5.09. The van der Waals surface area contributed by atoms with Crippen LogP contribution in [-0.2, 0) is 22.4 Å². The van der Waals surface area contributed by atoms with Crippen molar-refractivity contribution in [1.29, 1.82) is 0 Å². The van der Waals surface area contributed by atoms with Crippen LogP contribution in [0, 0.1) is 23.7 Å². The molecule has 0 radical (unpaired) electrons. The van der Waals surface area contributed by atoms with E-state index in [1.54, 1.807) is 11.3 Å². The number of rotatable bonds is 5. The van der Waals surface area contributed by atoms with Crippen LogP contribution in [0.1, 0.15) is 73.2 Å². The second-order valence-corrected chi connectivity index (χ2v) is 9.32. The summed E-state index contributed by atoms with van der Waals surface area (Å²) in [5, 5.41) is 3.88. The van der Waals surface area contributed by atoms with Gasteiger partial charge in [0.2, 0.25) is 5.91 Å². The maximum Gasteiger partial charge on any atom is 0.341 e. The third-order valence-electron chi connectivity index (χ3n) is 6.74. The molecule has 2 saturated carbocycles. The van der Waals surface area contributed by atoms with Gasteiger partial charge in [0, 0.05) is 10.8 Å². The summed E-state index contributed by atoms with van der Waals surface area (Å²) in [5.41, 5.74) is 1.76. The van der Waals surface area contributed by atoms with Crippen molar-refractivity contribution in [3.63, 3.8) is 0 Å². The third-order valence-corrected chi connectivity index (χ3v) is 7.91. The molecule has 3 aliphatic carbocycles. The molecular formula is C21H29NO3S. The molecule has 2 fully saturated rings. The summed E-state index contributed by atoms with van der Waals surface area (Å²) in [6.07, 6.45) is 8.93. The summed E-state index contributed by atoms with van der Waals surface area (Å²) >= 11 is 1.61. The molecule has 1 heterocycles. The lowest BCUT2D eigenvalue weighted by Crippen LogP contribution is -2.27. The lowest BCUT2D eigenvalue weighted by atomic mass is 9.85. The van der Waals surface area contributed by atoms with Gasteiger partial charge in [-0.25, -0.2) is 4.79 Å². The number of esters is 1. The van der Waals surface area contributed by atoms with Gasteiger partial charge in [-0.05, 0) is 68.8 Å². The first kappa shape index (κ1) is 18.0. The van der Waals surface area contributed by atoms with Crippen LogP contribution in [0.25, 0.3) is 0 Å². The van der Waals surface area contributed by atoms with Gasteiger partial charge in [0.05, 0.1) is 12.2 Å². The largest absolute Gasteiger partial charge is 0.462 e. The topological polar surface area (TPSA) is 55.4 Å². The van der Waals surface area contributed by atoms with Crippen molar-refractivity contribution in [1.82, 2.24) is 0 Å². The van der Waals surface area contributed by atoms with E-state index in [-0.39, 0.29) is 17.8 Å². The average Bonchev–Trinajstić information content (AvgIpc) is 3.34. The summed E-state index contributed by atoms with van der Waals surface area (Å²) < 4.78 is 5.32. The molecule has 2 bridgehead atoms. The van der Waals surface area contributed by atoms with Gasteiger partial charge in [-0.1, -0.05) is 19.8 Å². The molecule has 1 amide bonds. The zero-order valence-electron chi connectivity index (χ0n) is 15.8. The van der Waals surface area contributed by atoms with Crippen molar-refractivity contribution >= 4 is 28.2 Å². The molecule has 1 N–H and O–H groups in total. The summed E-state index contributed by atoms with van der Waals surface area (Å²) in [5.74, 6) is 1.94. The molecule has 4 atom stereocenters. The second-order valence-electron chi connectivity index (χ2n) is 8.22. The van der Waals surface area contributed by atoms with E-state index in [1.165, 1.54) is 30.6 Å². The van der Waals surface area contributed by atoms with E-state index in [0.717, 1.165) is 42.2 Å². The fourth-order valence-corrected chi connectivity index (χ4v) is 6.63. The van der Waals surface area contributed by atoms with Crippen LogP contribution in [0.2, 0.25) is 0 Å². The summed E-state index contributed by atoms with van der Waals surface area (Å²) in [4.78, 5) is 26.8. The Labute approximate surface area is 159 Å². The fraction of sp³-hybridized carbons (Fsp3) is 0.714. The molecule has 26 heavy (non-hydrogen) atoms. The minimum Gasteiger partial charge on any atom is -0.462 e. The van der Waals surface area contributed by atoms with Gasteiger partial charge in [0.25, 0.3) is 0 Å². The number of carbonyl (C=O) groups is 2. The molecule has 4 nitrogen and oxygen atoms in total. The van der Waals surface area contributed by atoms with Gasteiger partial charge in [-0.3, -0.25) is 4.79 Å². The van der Waals surface area contributed by atoms with Crippen molar-refractivity contribution in [3.05, 3.63) is 16.0 Å². The Hall–Kier alpha value is -1.36. The minimum atomic E-state index is -0.275. The lowest BCUT2D eigenvalue weighted by Gasteiger charge is -2.21. The van der Waals surface area contributed by atoms with E-state index >= 15 is 0 Å². The summed E-state index contributed by atoms with van der Waals surface area (Å²) in [6.45, 7) is 4.42. The number of ether oxygens (including phenoxy) is 1. The van der Waals surface area contributed by atoms with E-state index in [1.807, 2.05) is 6.92 Å². The molecule has 5 heteroatoms. The first-order valence-corrected chi connectivity index (χ1v) is 11.0. The van der Waals surface area contributed by atoms with Gasteiger partial charge in [0.15, 0.2) is 0 Å². The zero-order chi connectivity index (χ0) is 18.3. The van der Waals surface area contributed by atoms with Crippen LogP contribution in [0.4, 0.5) is 5.00 Å². The molecular weight excluding hydrogens is 346 g/mol. The quantitative estimate of drug-likeness (QED) is 0.751. The smallest absolute Gasteiger partial charge is 0.341 e. The molecule has 4 rings (SSSR count). The number of hydrogen-bond acceptors (Lipinski definition) is 4. The Balaban J connectivity index is 1.59. The van der Waals surface area contributed by atoms with Crippen molar-refractivity contribution in [2.45, 2.75) is 65.2 Å². The molecule has 0 aromatic carbocycles. The van der Waals surface area contributed by atoms with E-state index in [4.69, 9.17) is 4.74 Å². The Morgan fingerprint density at radius 3 is 2.69 bits per heavy atom. The molecule has 0 unspecified atom stereocenters.